The Morgan fingerprint density at radius 3 is 0.752 bits per heavy atom. The highest BCUT2D eigenvalue weighted by Crippen LogP contribution is 2.45. The summed E-state index contributed by atoms with van der Waals surface area (Å²) in [5, 5.41) is 10.6. The molecular formula is C82H160O17P2. The normalized spacial score (nSPS) is 14.2. The van der Waals surface area contributed by atoms with Crippen molar-refractivity contribution in [3.8, 4) is 0 Å². The second-order valence-electron chi connectivity index (χ2n) is 30.7. The number of aliphatic hydroxyl groups is 1. The number of hydrogen-bond acceptors (Lipinski definition) is 15. The Kier molecular flexibility index (Phi) is 70.9. The molecule has 0 saturated heterocycles. The Morgan fingerprint density at radius 1 is 0.287 bits per heavy atom. The molecule has 0 spiro atoms. The Labute approximate surface area is 619 Å². The smallest absolute Gasteiger partial charge is 0.462 e. The highest BCUT2D eigenvalue weighted by Gasteiger charge is 2.30. The molecule has 0 aliphatic heterocycles. The molecule has 101 heavy (non-hydrogen) atoms. The summed E-state index contributed by atoms with van der Waals surface area (Å²) in [6.07, 6.45) is 61.1. The molecule has 600 valence electrons. The third-order valence-electron chi connectivity index (χ3n) is 19.5. The van der Waals surface area contributed by atoms with Gasteiger partial charge in [0.25, 0.3) is 0 Å². The molecule has 0 fully saturated rings. The van der Waals surface area contributed by atoms with Crippen molar-refractivity contribution in [2.24, 2.45) is 17.8 Å². The van der Waals surface area contributed by atoms with Crippen molar-refractivity contribution in [2.45, 2.75) is 446 Å². The highest BCUT2D eigenvalue weighted by molar-refractivity contribution is 7.47. The Hall–Kier alpha value is -1.94. The van der Waals surface area contributed by atoms with E-state index in [0.717, 1.165) is 108 Å². The number of phosphoric acid groups is 2. The average Bonchev–Trinajstić information content (AvgIpc) is 1.05. The van der Waals surface area contributed by atoms with Crippen molar-refractivity contribution in [3.05, 3.63) is 0 Å². The molecule has 0 saturated carbocycles. The maximum atomic E-state index is 13.1. The van der Waals surface area contributed by atoms with Gasteiger partial charge in [0, 0.05) is 25.7 Å². The molecule has 0 rings (SSSR count). The molecule has 3 N–H and O–H groups in total. The first-order chi connectivity index (χ1) is 48.8. The van der Waals surface area contributed by atoms with E-state index in [4.69, 9.17) is 37.0 Å². The molecule has 6 atom stereocenters. The van der Waals surface area contributed by atoms with Crippen LogP contribution in [0.15, 0.2) is 0 Å². The van der Waals surface area contributed by atoms with E-state index >= 15 is 0 Å². The zero-order chi connectivity index (χ0) is 74.4. The van der Waals surface area contributed by atoms with E-state index in [1.54, 1.807) is 0 Å². The zero-order valence-electron chi connectivity index (χ0n) is 66.4. The van der Waals surface area contributed by atoms with E-state index in [2.05, 4.69) is 48.5 Å². The number of aliphatic hydroxyl groups excluding tert-OH is 1. The van der Waals surface area contributed by atoms with Gasteiger partial charge in [-0.2, -0.15) is 0 Å². The van der Waals surface area contributed by atoms with E-state index in [-0.39, 0.29) is 25.7 Å². The molecule has 0 aliphatic rings. The molecule has 17 nitrogen and oxygen atoms in total. The lowest BCUT2D eigenvalue weighted by Crippen LogP contribution is -2.30. The number of unbranched alkanes of at least 4 members (excludes halogenated alkanes) is 47. The number of esters is 4. The predicted octanol–water partition coefficient (Wildman–Crippen LogP) is 24.5. The Bertz CT molecular complexity index is 1960. The van der Waals surface area contributed by atoms with E-state index in [9.17, 15) is 43.2 Å². The molecular weight excluding hydrogens is 1320 g/mol. The summed E-state index contributed by atoms with van der Waals surface area (Å²) < 4.78 is 68.7. The number of ether oxygens (including phenoxy) is 4. The monoisotopic (exact) mass is 1480 g/mol. The molecule has 0 heterocycles. The average molecular weight is 1480 g/mol. The van der Waals surface area contributed by atoms with Crippen LogP contribution >= 0.6 is 15.6 Å². The van der Waals surface area contributed by atoms with Crippen molar-refractivity contribution < 1.29 is 80.2 Å². The van der Waals surface area contributed by atoms with Gasteiger partial charge >= 0.3 is 39.5 Å². The van der Waals surface area contributed by atoms with Gasteiger partial charge in [-0.05, 0) is 43.4 Å². The molecule has 0 aliphatic carbocycles. The first kappa shape index (κ1) is 99.1. The summed E-state index contributed by atoms with van der Waals surface area (Å²) >= 11 is 0. The van der Waals surface area contributed by atoms with E-state index in [1.807, 2.05) is 0 Å². The first-order valence-corrected chi connectivity index (χ1v) is 45.4. The molecule has 0 bridgehead atoms. The molecule has 0 aromatic heterocycles. The molecule has 0 amide bonds. The molecule has 3 unspecified atom stereocenters. The van der Waals surface area contributed by atoms with Gasteiger partial charge in [-0.3, -0.25) is 37.3 Å². The second-order valence-corrected chi connectivity index (χ2v) is 33.6. The molecule has 0 radical (unpaired) electrons. The van der Waals surface area contributed by atoms with E-state index < -0.39 is 97.5 Å². The van der Waals surface area contributed by atoms with Crippen molar-refractivity contribution in [1.82, 2.24) is 0 Å². The van der Waals surface area contributed by atoms with Gasteiger partial charge < -0.3 is 33.8 Å². The van der Waals surface area contributed by atoms with E-state index in [1.165, 1.54) is 231 Å². The summed E-state index contributed by atoms with van der Waals surface area (Å²) in [5.74, 6) is 0.231. The maximum absolute atomic E-state index is 13.1. The van der Waals surface area contributed by atoms with Crippen LogP contribution in [0.4, 0.5) is 0 Å². The minimum atomic E-state index is -4.96. The van der Waals surface area contributed by atoms with Gasteiger partial charge in [-0.25, -0.2) is 9.13 Å². The van der Waals surface area contributed by atoms with Crippen LogP contribution in [-0.2, 0) is 65.4 Å². The maximum Gasteiger partial charge on any atom is 0.472 e. The van der Waals surface area contributed by atoms with Gasteiger partial charge in [0.2, 0.25) is 0 Å². The third kappa shape index (κ3) is 74.7. The van der Waals surface area contributed by atoms with Crippen molar-refractivity contribution in [3.63, 3.8) is 0 Å². The molecule has 0 aromatic rings. The van der Waals surface area contributed by atoms with Crippen LogP contribution in [0.1, 0.15) is 427 Å². The van der Waals surface area contributed by atoms with Gasteiger partial charge in [-0.15, -0.1) is 0 Å². The topological polar surface area (TPSA) is 237 Å². The van der Waals surface area contributed by atoms with Crippen molar-refractivity contribution in [2.75, 3.05) is 39.6 Å². The number of carbonyl (C=O) groups excluding carboxylic acids is 4. The van der Waals surface area contributed by atoms with Crippen LogP contribution < -0.4 is 0 Å². The van der Waals surface area contributed by atoms with E-state index in [0.29, 0.717) is 31.6 Å². The Balaban J connectivity index is 5.22. The standard InChI is InChI=1S/C82H160O17P2/c1-8-10-11-12-13-14-15-16-21-25-30-35-42-49-56-63-79(84)92-69-77(98-81(86)65-58-51-43-36-31-26-23-20-18-17-19-22-24-29-34-41-48-55-62-75(7)9-2)71-96-100(88,89)94-67-76(83)68-95-101(90,91)97-72-78(70-93-80(85)64-57-50-45-38-40-47-54-61-74(5)6)99-82(87)66-59-52-44-37-32-27-28-33-39-46-53-60-73(3)4/h73-78,83H,8-72H2,1-7H3,(H,88,89)(H,90,91)/t75?,76-,77-,78-/m1/s1. The van der Waals surface area contributed by atoms with Crippen molar-refractivity contribution in [1.29, 1.82) is 0 Å². The predicted molar refractivity (Wildman–Crippen MR) is 414 cm³/mol. The van der Waals surface area contributed by atoms with Gasteiger partial charge in [0.05, 0.1) is 26.4 Å². The first-order valence-electron chi connectivity index (χ1n) is 42.4. The summed E-state index contributed by atoms with van der Waals surface area (Å²) in [5.41, 5.74) is 0. The summed E-state index contributed by atoms with van der Waals surface area (Å²) in [6, 6.07) is 0. The van der Waals surface area contributed by atoms with Crippen LogP contribution in [0.25, 0.3) is 0 Å². The minimum Gasteiger partial charge on any atom is -0.462 e. The van der Waals surface area contributed by atoms with Crippen LogP contribution in [0.5, 0.6) is 0 Å². The van der Waals surface area contributed by atoms with Crippen molar-refractivity contribution >= 4 is 39.5 Å². The van der Waals surface area contributed by atoms with Gasteiger partial charge in [0.15, 0.2) is 12.2 Å². The third-order valence-corrected chi connectivity index (χ3v) is 21.4. The highest BCUT2D eigenvalue weighted by atomic mass is 31.2. The van der Waals surface area contributed by atoms with Crippen LogP contribution in [0.2, 0.25) is 0 Å². The van der Waals surface area contributed by atoms with Gasteiger partial charge in [0.1, 0.15) is 19.3 Å². The lowest BCUT2D eigenvalue weighted by molar-refractivity contribution is -0.161. The zero-order valence-corrected chi connectivity index (χ0v) is 68.2. The minimum absolute atomic E-state index is 0.106. The van der Waals surface area contributed by atoms with Crippen LogP contribution in [0, 0.1) is 17.8 Å². The summed E-state index contributed by atoms with van der Waals surface area (Å²) in [6.45, 7) is 12.0. The number of phosphoric ester groups is 2. The molecule has 19 heteroatoms. The molecule has 0 aromatic carbocycles. The van der Waals surface area contributed by atoms with Crippen LogP contribution in [0.3, 0.4) is 0 Å². The second kappa shape index (κ2) is 72.3. The summed E-state index contributed by atoms with van der Waals surface area (Å²) in [7, 11) is -9.92. The Morgan fingerprint density at radius 2 is 0.505 bits per heavy atom. The number of rotatable bonds is 80. The van der Waals surface area contributed by atoms with Gasteiger partial charge in [-0.1, -0.05) is 376 Å². The lowest BCUT2D eigenvalue weighted by Gasteiger charge is -2.21. The number of carbonyl (C=O) groups is 4. The summed E-state index contributed by atoms with van der Waals surface area (Å²) in [4.78, 5) is 73.0. The quantitative estimate of drug-likeness (QED) is 0.0222. The van der Waals surface area contributed by atoms with Crippen LogP contribution in [-0.4, -0.2) is 96.7 Å². The number of hydrogen-bond donors (Lipinski definition) is 3. The fourth-order valence-electron chi connectivity index (χ4n) is 12.6. The fraction of sp³-hybridized carbons (Fsp3) is 0.951. The fourth-order valence-corrected chi connectivity index (χ4v) is 14.2. The SMILES string of the molecule is CCCCCCCCCCCCCCCCCC(=O)OC[C@H](COP(=O)(O)OC[C@@H](O)COP(=O)(O)OC[C@@H](COC(=O)CCCCCCCCCC(C)C)OC(=O)CCCCCCCCCCCCCC(C)C)OC(=O)CCCCCCCCCCCCCCCCCCCCC(C)CC. The lowest BCUT2D eigenvalue weighted by atomic mass is 9.99. The largest absolute Gasteiger partial charge is 0.472 e.